The molecule has 1 heterocycles. The van der Waals surface area contributed by atoms with E-state index in [1.165, 1.54) is 0 Å². The summed E-state index contributed by atoms with van der Waals surface area (Å²) in [5, 5.41) is 1.02. The van der Waals surface area contributed by atoms with Gasteiger partial charge in [-0.25, -0.2) is 0 Å². The molecule has 1 aromatic heterocycles. The van der Waals surface area contributed by atoms with Crippen LogP contribution in [0.5, 0.6) is 0 Å². The Bertz CT molecular complexity index is 546. The van der Waals surface area contributed by atoms with Crippen LogP contribution in [-0.2, 0) is 0 Å². The number of fused-ring (bicyclic) bond motifs is 3. The molecule has 68 valence electrons. The van der Waals surface area contributed by atoms with E-state index in [-0.39, 0.29) is 5.78 Å². The molecule has 0 fully saturated rings. The van der Waals surface area contributed by atoms with Gasteiger partial charge in [0.05, 0.1) is 6.26 Å². The predicted octanol–water partition coefficient (Wildman–Crippen LogP) is 3.03. The molecule has 2 heteroatoms. The second kappa shape index (κ2) is 2.58. The minimum absolute atomic E-state index is 0.186. The molecule has 2 nitrogen and oxygen atoms in total. The van der Waals surface area contributed by atoms with Gasteiger partial charge in [-0.1, -0.05) is 12.2 Å². The number of hydrogen-bond donors (Lipinski definition) is 0. The van der Waals surface area contributed by atoms with Crippen molar-refractivity contribution in [2.45, 2.75) is 6.42 Å². The fourth-order valence-electron chi connectivity index (χ4n) is 1.88. The zero-order chi connectivity index (χ0) is 9.54. The first-order chi connectivity index (χ1) is 6.86. The van der Waals surface area contributed by atoms with E-state index in [2.05, 4.69) is 0 Å². The van der Waals surface area contributed by atoms with Crippen molar-refractivity contribution in [3.05, 3.63) is 41.7 Å². The summed E-state index contributed by atoms with van der Waals surface area (Å²) in [5.41, 5.74) is 2.64. The molecule has 0 radical (unpaired) electrons. The van der Waals surface area contributed by atoms with Gasteiger partial charge in [-0.15, -0.1) is 0 Å². The maximum atomic E-state index is 11.6. The Morgan fingerprint density at radius 2 is 2.14 bits per heavy atom. The standard InChI is InChI=1S/C12H8O2/c13-11-3-1-2-8-9(11)4-5-12-10(8)6-7-14-12/h1-2,4-7H,3H2. The van der Waals surface area contributed by atoms with Crippen LogP contribution in [0.3, 0.4) is 0 Å². The third-order valence-corrected chi connectivity index (χ3v) is 2.57. The maximum Gasteiger partial charge on any atom is 0.167 e. The zero-order valence-corrected chi connectivity index (χ0v) is 7.49. The van der Waals surface area contributed by atoms with Crippen molar-refractivity contribution in [2.75, 3.05) is 0 Å². The Morgan fingerprint density at radius 1 is 1.21 bits per heavy atom. The quantitative estimate of drug-likeness (QED) is 0.629. The first kappa shape index (κ1) is 7.56. The van der Waals surface area contributed by atoms with E-state index in [9.17, 15) is 4.79 Å². The second-order valence-corrected chi connectivity index (χ2v) is 3.39. The molecular formula is C12H8O2. The normalized spacial score (nSPS) is 14.7. The van der Waals surface area contributed by atoms with E-state index in [0.717, 1.165) is 22.1 Å². The number of rotatable bonds is 0. The number of carbonyl (C=O) groups excluding carboxylic acids is 1. The number of hydrogen-bond acceptors (Lipinski definition) is 2. The number of ketones is 1. The van der Waals surface area contributed by atoms with E-state index < -0.39 is 0 Å². The molecule has 1 aliphatic carbocycles. The lowest BCUT2D eigenvalue weighted by molar-refractivity contribution is 0.0994. The molecule has 0 unspecified atom stereocenters. The number of carbonyl (C=O) groups is 1. The highest BCUT2D eigenvalue weighted by molar-refractivity contribution is 6.07. The van der Waals surface area contributed by atoms with Crippen LogP contribution in [0.2, 0.25) is 0 Å². The first-order valence-electron chi connectivity index (χ1n) is 4.56. The number of Topliss-reactive ketones (excluding diaryl/α,β-unsaturated/α-hetero) is 1. The van der Waals surface area contributed by atoms with Crippen LogP contribution in [0.4, 0.5) is 0 Å². The molecule has 3 rings (SSSR count). The average molecular weight is 184 g/mol. The van der Waals surface area contributed by atoms with Crippen molar-refractivity contribution in [1.82, 2.24) is 0 Å². The Labute approximate surface area is 80.8 Å². The Hall–Kier alpha value is -1.83. The number of furan rings is 1. The molecule has 1 aliphatic rings. The van der Waals surface area contributed by atoms with Crippen molar-refractivity contribution in [3.63, 3.8) is 0 Å². The van der Waals surface area contributed by atoms with Gasteiger partial charge in [-0.05, 0) is 23.8 Å². The van der Waals surface area contributed by atoms with Crippen LogP contribution in [0.15, 0.2) is 35.0 Å². The lowest BCUT2D eigenvalue weighted by atomic mass is 9.94. The smallest absolute Gasteiger partial charge is 0.167 e. The molecule has 0 N–H and O–H groups in total. The van der Waals surface area contributed by atoms with Crippen molar-refractivity contribution >= 4 is 22.8 Å². The second-order valence-electron chi connectivity index (χ2n) is 3.39. The SMILES string of the molecule is O=C1CC=Cc2c1ccc1occc21. The lowest BCUT2D eigenvalue weighted by Gasteiger charge is -2.09. The Balaban J connectivity index is 2.45. The highest BCUT2D eigenvalue weighted by atomic mass is 16.3. The van der Waals surface area contributed by atoms with Crippen molar-refractivity contribution in [3.8, 4) is 0 Å². The maximum absolute atomic E-state index is 11.6. The van der Waals surface area contributed by atoms with Gasteiger partial charge in [0, 0.05) is 17.4 Å². The third kappa shape index (κ3) is 0.880. The van der Waals surface area contributed by atoms with Gasteiger partial charge >= 0.3 is 0 Å². The van der Waals surface area contributed by atoms with Crippen LogP contribution < -0.4 is 0 Å². The van der Waals surface area contributed by atoms with E-state index in [0.29, 0.717) is 6.42 Å². The average Bonchev–Trinajstić information content (AvgIpc) is 2.66. The number of allylic oxidation sites excluding steroid dienone is 1. The molecule has 0 saturated carbocycles. The van der Waals surface area contributed by atoms with Gasteiger partial charge in [-0.2, -0.15) is 0 Å². The topological polar surface area (TPSA) is 30.2 Å². The molecule has 14 heavy (non-hydrogen) atoms. The molecule has 2 aromatic rings. The molecule has 0 atom stereocenters. The summed E-state index contributed by atoms with van der Waals surface area (Å²) in [6.07, 6.45) is 6.06. The van der Waals surface area contributed by atoms with Crippen molar-refractivity contribution in [1.29, 1.82) is 0 Å². The Kier molecular flexibility index (Phi) is 1.39. The monoisotopic (exact) mass is 184 g/mol. The van der Waals surface area contributed by atoms with Gasteiger partial charge in [0.1, 0.15) is 5.58 Å². The first-order valence-corrected chi connectivity index (χ1v) is 4.56. The van der Waals surface area contributed by atoms with Crippen LogP contribution in [0.25, 0.3) is 17.0 Å². The zero-order valence-electron chi connectivity index (χ0n) is 7.49. The fraction of sp³-hybridized carbons (Fsp3) is 0.0833. The van der Waals surface area contributed by atoms with Crippen molar-refractivity contribution in [2.24, 2.45) is 0 Å². The Morgan fingerprint density at radius 3 is 3.07 bits per heavy atom. The predicted molar refractivity (Wildman–Crippen MR) is 54.2 cm³/mol. The van der Waals surface area contributed by atoms with Crippen LogP contribution >= 0.6 is 0 Å². The minimum Gasteiger partial charge on any atom is -0.464 e. The third-order valence-electron chi connectivity index (χ3n) is 2.57. The van der Waals surface area contributed by atoms with Gasteiger partial charge in [0.2, 0.25) is 0 Å². The molecular weight excluding hydrogens is 176 g/mol. The fourth-order valence-corrected chi connectivity index (χ4v) is 1.88. The van der Waals surface area contributed by atoms with Crippen molar-refractivity contribution < 1.29 is 9.21 Å². The summed E-state index contributed by atoms with van der Waals surface area (Å²) in [4.78, 5) is 11.6. The van der Waals surface area contributed by atoms with E-state index in [1.54, 1.807) is 6.26 Å². The molecule has 0 bridgehead atoms. The van der Waals surface area contributed by atoms with Gasteiger partial charge in [0.15, 0.2) is 5.78 Å². The summed E-state index contributed by atoms with van der Waals surface area (Å²) < 4.78 is 5.27. The molecule has 0 amide bonds. The summed E-state index contributed by atoms with van der Waals surface area (Å²) in [5.74, 6) is 0.186. The van der Waals surface area contributed by atoms with Gasteiger partial charge in [0.25, 0.3) is 0 Å². The molecule has 0 aliphatic heterocycles. The highest BCUT2D eigenvalue weighted by Crippen LogP contribution is 2.28. The van der Waals surface area contributed by atoms with E-state index >= 15 is 0 Å². The summed E-state index contributed by atoms with van der Waals surface area (Å²) >= 11 is 0. The van der Waals surface area contributed by atoms with Crippen LogP contribution in [0.1, 0.15) is 22.3 Å². The van der Waals surface area contributed by atoms with E-state index in [1.807, 2.05) is 30.4 Å². The van der Waals surface area contributed by atoms with E-state index in [4.69, 9.17) is 4.42 Å². The van der Waals surface area contributed by atoms with Gasteiger partial charge < -0.3 is 4.42 Å². The van der Waals surface area contributed by atoms with Crippen LogP contribution in [-0.4, -0.2) is 5.78 Å². The highest BCUT2D eigenvalue weighted by Gasteiger charge is 2.15. The summed E-state index contributed by atoms with van der Waals surface area (Å²) in [7, 11) is 0. The summed E-state index contributed by atoms with van der Waals surface area (Å²) in [6.45, 7) is 0. The number of benzene rings is 1. The molecule has 0 spiro atoms. The van der Waals surface area contributed by atoms with Gasteiger partial charge in [-0.3, -0.25) is 4.79 Å². The largest absolute Gasteiger partial charge is 0.464 e. The molecule has 0 saturated heterocycles. The summed E-state index contributed by atoms with van der Waals surface area (Å²) in [6, 6.07) is 5.59. The molecule has 1 aromatic carbocycles. The van der Waals surface area contributed by atoms with Crippen LogP contribution in [0, 0.1) is 0 Å². The minimum atomic E-state index is 0.186. The lowest BCUT2D eigenvalue weighted by Crippen LogP contribution is -2.03.